The zero-order chi connectivity index (χ0) is 13.9. The van der Waals surface area contributed by atoms with Crippen molar-refractivity contribution < 1.29 is 9.90 Å². The van der Waals surface area contributed by atoms with Gasteiger partial charge in [0.2, 0.25) is 0 Å². The first kappa shape index (κ1) is 13.5. The second-order valence-electron chi connectivity index (χ2n) is 5.46. The summed E-state index contributed by atoms with van der Waals surface area (Å²) in [4.78, 5) is 12.2. The maximum absolute atomic E-state index is 12.2. The number of aromatic amines is 1. The Hall–Kier alpha value is -1.88. The van der Waals surface area contributed by atoms with Crippen molar-refractivity contribution in [3.8, 4) is 0 Å². The number of fused-ring (bicyclic) bond motifs is 1. The fourth-order valence-electron chi connectivity index (χ4n) is 1.96. The van der Waals surface area contributed by atoms with Crippen LogP contribution in [0.15, 0.2) is 24.4 Å². The lowest BCUT2D eigenvalue weighted by Crippen LogP contribution is -2.34. The lowest BCUT2D eigenvalue weighted by Gasteiger charge is -2.23. The third-order valence-corrected chi connectivity index (χ3v) is 3.24. The highest BCUT2D eigenvalue weighted by Crippen LogP contribution is 2.19. The second-order valence-corrected chi connectivity index (χ2v) is 5.46. The van der Waals surface area contributed by atoms with Gasteiger partial charge in [0.1, 0.15) is 0 Å². The van der Waals surface area contributed by atoms with Crippen LogP contribution in [-0.4, -0.2) is 34.4 Å². The van der Waals surface area contributed by atoms with Gasteiger partial charge < -0.3 is 10.4 Å². The van der Waals surface area contributed by atoms with Crippen molar-refractivity contribution in [3.05, 3.63) is 30.0 Å². The van der Waals surface area contributed by atoms with Crippen LogP contribution in [0.1, 0.15) is 30.6 Å². The second kappa shape index (κ2) is 5.40. The largest absolute Gasteiger partial charge is 0.396 e. The van der Waals surface area contributed by atoms with Gasteiger partial charge in [0.25, 0.3) is 5.91 Å². The van der Waals surface area contributed by atoms with Crippen LogP contribution in [0.4, 0.5) is 0 Å². The normalized spacial score (nSPS) is 11.7. The zero-order valence-electron chi connectivity index (χ0n) is 11.2. The summed E-state index contributed by atoms with van der Waals surface area (Å²) >= 11 is 0. The molecule has 1 aromatic carbocycles. The Balaban J connectivity index is 2.10. The molecule has 0 radical (unpaired) electrons. The zero-order valence-corrected chi connectivity index (χ0v) is 11.2. The van der Waals surface area contributed by atoms with E-state index in [0.29, 0.717) is 18.5 Å². The summed E-state index contributed by atoms with van der Waals surface area (Å²) < 4.78 is 0. The number of nitrogens with one attached hydrogen (secondary N) is 2. The Labute approximate surface area is 112 Å². The van der Waals surface area contributed by atoms with Gasteiger partial charge in [0.15, 0.2) is 0 Å². The van der Waals surface area contributed by atoms with Crippen LogP contribution in [-0.2, 0) is 0 Å². The monoisotopic (exact) mass is 261 g/mol. The number of benzene rings is 1. The minimum atomic E-state index is -0.124. The summed E-state index contributed by atoms with van der Waals surface area (Å²) in [6.07, 6.45) is 2.35. The number of hydrogen-bond acceptors (Lipinski definition) is 3. The molecular formula is C14H19N3O2. The van der Waals surface area contributed by atoms with Crippen LogP contribution in [0.25, 0.3) is 10.9 Å². The number of carbonyl (C=O) groups is 1. The summed E-state index contributed by atoms with van der Waals surface area (Å²) in [5.41, 5.74) is 1.22. The molecule has 0 bridgehead atoms. The highest BCUT2D eigenvalue weighted by atomic mass is 16.3. The summed E-state index contributed by atoms with van der Waals surface area (Å²) in [5.74, 6) is -0.124. The number of para-hydroxylation sites is 1. The lowest BCUT2D eigenvalue weighted by atomic mass is 9.89. The fraction of sp³-hybridized carbons (Fsp3) is 0.429. The van der Waals surface area contributed by atoms with Crippen LogP contribution in [0.2, 0.25) is 0 Å². The highest BCUT2D eigenvalue weighted by molar-refractivity contribution is 6.05. The van der Waals surface area contributed by atoms with Crippen LogP contribution < -0.4 is 5.32 Å². The van der Waals surface area contributed by atoms with E-state index < -0.39 is 0 Å². The molecule has 5 nitrogen and oxygen atoms in total. The molecule has 0 aliphatic rings. The van der Waals surface area contributed by atoms with E-state index in [9.17, 15) is 4.79 Å². The van der Waals surface area contributed by atoms with Crippen LogP contribution in [0.5, 0.6) is 0 Å². The van der Waals surface area contributed by atoms with Gasteiger partial charge in [-0.25, -0.2) is 0 Å². The molecule has 2 rings (SSSR count). The Morgan fingerprint density at radius 1 is 1.47 bits per heavy atom. The molecule has 1 aromatic heterocycles. The Bertz CT molecular complexity index is 575. The first-order valence-electron chi connectivity index (χ1n) is 6.35. The smallest absolute Gasteiger partial charge is 0.253 e. The minimum absolute atomic E-state index is 0.119. The molecule has 0 unspecified atom stereocenters. The molecule has 3 N–H and O–H groups in total. The van der Waals surface area contributed by atoms with Gasteiger partial charge in [-0.2, -0.15) is 5.10 Å². The van der Waals surface area contributed by atoms with Crippen molar-refractivity contribution in [3.63, 3.8) is 0 Å². The van der Waals surface area contributed by atoms with Gasteiger partial charge in [-0.05, 0) is 17.9 Å². The third-order valence-electron chi connectivity index (χ3n) is 3.24. The average Bonchev–Trinajstić information content (AvgIpc) is 2.84. The van der Waals surface area contributed by atoms with Crippen molar-refractivity contribution in [2.75, 3.05) is 13.2 Å². The van der Waals surface area contributed by atoms with Gasteiger partial charge in [0, 0.05) is 18.5 Å². The maximum Gasteiger partial charge on any atom is 0.253 e. The number of carbonyl (C=O) groups excluding carboxylic acids is 1. The van der Waals surface area contributed by atoms with E-state index in [4.69, 9.17) is 5.11 Å². The first-order valence-corrected chi connectivity index (χ1v) is 6.35. The van der Waals surface area contributed by atoms with E-state index in [-0.39, 0.29) is 17.9 Å². The number of amides is 1. The Morgan fingerprint density at radius 2 is 2.26 bits per heavy atom. The molecule has 1 amide bonds. The average molecular weight is 261 g/mol. The molecule has 0 atom stereocenters. The number of nitrogens with zero attached hydrogens (tertiary/aromatic N) is 1. The molecule has 2 aromatic rings. The summed E-state index contributed by atoms with van der Waals surface area (Å²) in [6.45, 7) is 4.68. The molecule has 102 valence electrons. The van der Waals surface area contributed by atoms with E-state index in [1.807, 2.05) is 26.0 Å². The Kier molecular flexibility index (Phi) is 3.85. The predicted molar refractivity (Wildman–Crippen MR) is 73.9 cm³/mol. The van der Waals surface area contributed by atoms with Gasteiger partial charge in [0.05, 0.1) is 17.3 Å². The molecule has 0 spiro atoms. The van der Waals surface area contributed by atoms with Gasteiger partial charge in [-0.1, -0.05) is 26.0 Å². The molecule has 19 heavy (non-hydrogen) atoms. The standard InChI is InChI=1S/C14H19N3O2/c1-14(2,6-7-18)9-15-13(19)11-5-3-4-10-8-16-17-12(10)11/h3-5,8,18H,6-7,9H2,1-2H3,(H,15,19)(H,16,17). The molecular weight excluding hydrogens is 242 g/mol. The van der Waals surface area contributed by atoms with Crippen LogP contribution in [0, 0.1) is 5.41 Å². The fourth-order valence-corrected chi connectivity index (χ4v) is 1.96. The van der Waals surface area contributed by atoms with Gasteiger partial charge in [-0.3, -0.25) is 9.89 Å². The molecule has 0 aliphatic heterocycles. The SMILES string of the molecule is CC(C)(CCO)CNC(=O)c1cccc2cn[nH]c12. The molecule has 0 aliphatic carbocycles. The van der Waals surface area contributed by atoms with Crippen molar-refractivity contribution in [1.82, 2.24) is 15.5 Å². The van der Waals surface area contributed by atoms with Crippen LogP contribution >= 0.6 is 0 Å². The Morgan fingerprint density at radius 3 is 3.00 bits per heavy atom. The van der Waals surface area contributed by atoms with Gasteiger partial charge >= 0.3 is 0 Å². The molecule has 1 heterocycles. The number of hydrogen-bond donors (Lipinski definition) is 3. The predicted octanol–water partition coefficient (Wildman–Crippen LogP) is 1.70. The first-order chi connectivity index (χ1) is 9.03. The highest BCUT2D eigenvalue weighted by Gasteiger charge is 2.19. The van der Waals surface area contributed by atoms with Crippen molar-refractivity contribution in [1.29, 1.82) is 0 Å². The van der Waals surface area contributed by atoms with Crippen molar-refractivity contribution >= 4 is 16.8 Å². The number of rotatable bonds is 5. The van der Waals surface area contributed by atoms with E-state index in [2.05, 4.69) is 15.5 Å². The van der Waals surface area contributed by atoms with Crippen molar-refractivity contribution in [2.45, 2.75) is 20.3 Å². The lowest BCUT2D eigenvalue weighted by molar-refractivity contribution is 0.0929. The van der Waals surface area contributed by atoms with E-state index in [0.717, 1.165) is 10.9 Å². The molecule has 0 saturated carbocycles. The summed E-state index contributed by atoms with van der Waals surface area (Å²) in [7, 11) is 0. The number of H-pyrrole nitrogens is 1. The number of aromatic nitrogens is 2. The minimum Gasteiger partial charge on any atom is -0.396 e. The molecule has 0 fully saturated rings. The maximum atomic E-state index is 12.2. The topological polar surface area (TPSA) is 78.0 Å². The van der Waals surface area contributed by atoms with Crippen LogP contribution in [0.3, 0.4) is 0 Å². The van der Waals surface area contributed by atoms with E-state index in [1.54, 1.807) is 12.3 Å². The van der Waals surface area contributed by atoms with Gasteiger partial charge in [-0.15, -0.1) is 0 Å². The quantitative estimate of drug-likeness (QED) is 0.766. The van der Waals surface area contributed by atoms with Crippen molar-refractivity contribution in [2.24, 2.45) is 5.41 Å². The summed E-state index contributed by atoms with van der Waals surface area (Å²) in [5, 5.41) is 19.6. The number of aliphatic hydroxyl groups excluding tert-OH is 1. The summed E-state index contributed by atoms with van der Waals surface area (Å²) in [6, 6.07) is 5.52. The van der Waals surface area contributed by atoms with E-state index in [1.165, 1.54) is 0 Å². The molecule has 0 saturated heterocycles. The molecule has 5 heteroatoms. The third kappa shape index (κ3) is 3.12. The number of aliphatic hydroxyl groups is 1. The van der Waals surface area contributed by atoms with E-state index >= 15 is 0 Å².